The number of carboxylic acids is 1. The molecule has 88 valence electrons. The lowest BCUT2D eigenvalue weighted by molar-refractivity contribution is -0.136. The highest BCUT2D eigenvalue weighted by atomic mass is 35.5. The van der Waals surface area contributed by atoms with Gasteiger partial charge in [-0.2, -0.15) is 0 Å². The van der Waals surface area contributed by atoms with Crippen molar-refractivity contribution in [2.75, 3.05) is 0 Å². The number of thiazole rings is 1. The van der Waals surface area contributed by atoms with E-state index in [0.717, 1.165) is 0 Å². The summed E-state index contributed by atoms with van der Waals surface area (Å²) in [5.41, 5.74) is 0.618. The summed E-state index contributed by atoms with van der Waals surface area (Å²) in [6.45, 7) is 0. The van der Waals surface area contributed by atoms with Crippen molar-refractivity contribution in [2.45, 2.75) is 6.42 Å². The molecule has 0 aliphatic rings. The summed E-state index contributed by atoms with van der Waals surface area (Å²) in [7, 11) is 0. The maximum absolute atomic E-state index is 13.6. The number of hydrogen-bond donors (Lipinski definition) is 1. The quantitative estimate of drug-likeness (QED) is 0.932. The Hall–Kier alpha value is -1.46. The summed E-state index contributed by atoms with van der Waals surface area (Å²) >= 11 is 7.06. The van der Waals surface area contributed by atoms with Gasteiger partial charge in [0.05, 0.1) is 22.7 Å². The summed E-state index contributed by atoms with van der Waals surface area (Å²) < 4.78 is 13.6. The van der Waals surface area contributed by atoms with Gasteiger partial charge in [0.15, 0.2) is 0 Å². The van der Waals surface area contributed by atoms with Gasteiger partial charge in [0.2, 0.25) is 0 Å². The van der Waals surface area contributed by atoms with Gasteiger partial charge in [-0.05, 0) is 12.1 Å². The third-order valence-electron chi connectivity index (χ3n) is 2.06. The van der Waals surface area contributed by atoms with E-state index < -0.39 is 11.8 Å². The summed E-state index contributed by atoms with van der Waals surface area (Å²) in [4.78, 5) is 14.6. The van der Waals surface area contributed by atoms with E-state index in [1.165, 1.54) is 23.5 Å². The zero-order valence-electron chi connectivity index (χ0n) is 8.48. The lowest BCUT2D eigenvalue weighted by Crippen LogP contribution is -2.00. The molecule has 0 radical (unpaired) electrons. The summed E-state index contributed by atoms with van der Waals surface area (Å²) in [6, 6.07) is 4.37. The number of rotatable bonds is 3. The van der Waals surface area contributed by atoms with Gasteiger partial charge < -0.3 is 5.11 Å². The fraction of sp³-hybridized carbons (Fsp3) is 0.0909. The van der Waals surface area contributed by atoms with Gasteiger partial charge in [-0.25, -0.2) is 9.37 Å². The maximum Gasteiger partial charge on any atom is 0.309 e. The Morgan fingerprint density at radius 1 is 1.53 bits per heavy atom. The van der Waals surface area contributed by atoms with Crippen LogP contribution in [0, 0.1) is 5.82 Å². The number of carboxylic acid groups (broad SMARTS) is 1. The summed E-state index contributed by atoms with van der Waals surface area (Å²) in [5.74, 6) is -1.43. The normalized spacial score (nSPS) is 10.5. The van der Waals surface area contributed by atoms with Crippen LogP contribution in [0.15, 0.2) is 23.6 Å². The van der Waals surface area contributed by atoms with E-state index >= 15 is 0 Å². The van der Waals surface area contributed by atoms with Crippen LogP contribution in [-0.4, -0.2) is 16.1 Å². The Morgan fingerprint density at radius 2 is 2.29 bits per heavy atom. The summed E-state index contributed by atoms with van der Waals surface area (Å²) in [5, 5.41) is 10.9. The highest BCUT2D eigenvalue weighted by Gasteiger charge is 2.14. The molecule has 0 aliphatic heterocycles. The molecule has 1 heterocycles. The van der Waals surface area contributed by atoms with Gasteiger partial charge in [0.25, 0.3) is 0 Å². The van der Waals surface area contributed by atoms with E-state index in [-0.39, 0.29) is 17.0 Å². The smallest absolute Gasteiger partial charge is 0.309 e. The van der Waals surface area contributed by atoms with Crippen LogP contribution in [-0.2, 0) is 11.2 Å². The van der Waals surface area contributed by atoms with Gasteiger partial charge in [-0.15, -0.1) is 11.3 Å². The lowest BCUT2D eigenvalue weighted by atomic mass is 10.2. The average molecular weight is 272 g/mol. The standard InChI is InChI=1S/C11H7ClFNO2S/c12-7-2-1-3-8(13)10(7)11-14-6(5-17-11)4-9(15)16/h1-3,5H,4H2,(H,15,16). The van der Waals surface area contributed by atoms with Crippen LogP contribution in [0.5, 0.6) is 0 Å². The molecule has 6 heteroatoms. The molecule has 0 atom stereocenters. The molecule has 0 aliphatic carbocycles. The molecular weight excluding hydrogens is 265 g/mol. The van der Waals surface area contributed by atoms with Gasteiger partial charge >= 0.3 is 5.97 Å². The molecule has 2 aromatic rings. The number of aliphatic carboxylic acids is 1. The van der Waals surface area contributed by atoms with Gasteiger partial charge in [-0.3, -0.25) is 4.79 Å². The van der Waals surface area contributed by atoms with Crippen LogP contribution in [0.4, 0.5) is 4.39 Å². The second kappa shape index (κ2) is 4.81. The van der Waals surface area contributed by atoms with E-state index in [1.54, 1.807) is 11.4 Å². The largest absolute Gasteiger partial charge is 0.481 e. The van der Waals surface area contributed by atoms with Crippen molar-refractivity contribution < 1.29 is 14.3 Å². The zero-order valence-corrected chi connectivity index (χ0v) is 10.1. The van der Waals surface area contributed by atoms with Gasteiger partial charge in [-0.1, -0.05) is 17.7 Å². The lowest BCUT2D eigenvalue weighted by Gasteiger charge is -2.01. The third-order valence-corrected chi connectivity index (χ3v) is 3.28. The van der Waals surface area contributed by atoms with Crippen LogP contribution in [0.2, 0.25) is 5.02 Å². The molecule has 1 N–H and O–H groups in total. The fourth-order valence-corrected chi connectivity index (χ4v) is 2.55. The number of nitrogens with zero attached hydrogens (tertiary/aromatic N) is 1. The van der Waals surface area contributed by atoms with Gasteiger partial charge in [0.1, 0.15) is 10.8 Å². The minimum Gasteiger partial charge on any atom is -0.481 e. The topological polar surface area (TPSA) is 50.2 Å². The van der Waals surface area contributed by atoms with Crippen LogP contribution in [0.25, 0.3) is 10.6 Å². The molecule has 0 fully saturated rings. The molecule has 3 nitrogen and oxygen atoms in total. The van der Waals surface area contributed by atoms with E-state index in [2.05, 4.69) is 4.98 Å². The van der Waals surface area contributed by atoms with E-state index in [9.17, 15) is 9.18 Å². The van der Waals surface area contributed by atoms with Crippen molar-refractivity contribution >= 4 is 28.9 Å². The first kappa shape index (κ1) is 12.0. The average Bonchev–Trinajstić information content (AvgIpc) is 2.65. The number of halogens is 2. The van der Waals surface area contributed by atoms with Crippen LogP contribution >= 0.6 is 22.9 Å². The Kier molecular flexibility index (Phi) is 3.40. The Balaban J connectivity index is 2.40. The Labute approximate surface area is 106 Å². The highest BCUT2D eigenvalue weighted by Crippen LogP contribution is 2.32. The molecule has 0 unspecified atom stereocenters. The molecule has 1 aromatic carbocycles. The van der Waals surface area contributed by atoms with Crippen LogP contribution in [0.1, 0.15) is 5.69 Å². The molecular formula is C11H7ClFNO2S. The third kappa shape index (κ3) is 2.62. The molecule has 0 saturated heterocycles. The number of hydrogen-bond acceptors (Lipinski definition) is 3. The maximum atomic E-state index is 13.6. The van der Waals surface area contributed by atoms with Gasteiger partial charge in [0, 0.05) is 5.38 Å². The van der Waals surface area contributed by atoms with E-state index in [0.29, 0.717) is 10.7 Å². The molecule has 0 spiro atoms. The molecule has 2 rings (SSSR count). The number of benzene rings is 1. The number of aromatic nitrogens is 1. The van der Waals surface area contributed by atoms with Crippen molar-refractivity contribution in [3.63, 3.8) is 0 Å². The van der Waals surface area contributed by atoms with Crippen LogP contribution in [0.3, 0.4) is 0 Å². The predicted molar refractivity (Wildman–Crippen MR) is 63.9 cm³/mol. The van der Waals surface area contributed by atoms with Crippen molar-refractivity contribution in [1.29, 1.82) is 0 Å². The SMILES string of the molecule is O=C(O)Cc1csc(-c2c(F)cccc2Cl)n1. The fourth-order valence-electron chi connectivity index (χ4n) is 1.36. The summed E-state index contributed by atoms with van der Waals surface area (Å²) in [6.07, 6.45) is -0.178. The first-order valence-electron chi connectivity index (χ1n) is 4.68. The minimum absolute atomic E-state index is 0.178. The minimum atomic E-state index is -0.971. The molecule has 0 bridgehead atoms. The molecule has 0 saturated carbocycles. The Morgan fingerprint density at radius 3 is 2.94 bits per heavy atom. The number of carbonyl (C=O) groups is 1. The zero-order chi connectivity index (χ0) is 12.4. The van der Waals surface area contributed by atoms with Crippen molar-refractivity contribution in [3.8, 4) is 10.6 Å². The highest BCUT2D eigenvalue weighted by molar-refractivity contribution is 7.13. The monoisotopic (exact) mass is 271 g/mol. The second-order valence-corrected chi connectivity index (χ2v) is 4.58. The van der Waals surface area contributed by atoms with E-state index in [4.69, 9.17) is 16.7 Å². The van der Waals surface area contributed by atoms with Crippen molar-refractivity contribution in [1.82, 2.24) is 4.98 Å². The Bertz CT molecular complexity index is 550. The predicted octanol–water partition coefficient (Wildman–Crippen LogP) is 3.23. The molecule has 0 amide bonds. The van der Waals surface area contributed by atoms with Crippen molar-refractivity contribution in [3.05, 3.63) is 40.1 Å². The first-order valence-corrected chi connectivity index (χ1v) is 5.94. The van der Waals surface area contributed by atoms with Crippen LogP contribution < -0.4 is 0 Å². The molecule has 1 aromatic heterocycles. The van der Waals surface area contributed by atoms with E-state index in [1.807, 2.05) is 0 Å². The molecule has 17 heavy (non-hydrogen) atoms. The first-order chi connectivity index (χ1) is 8.08. The second-order valence-electron chi connectivity index (χ2n) is 3.31. The van der Waals surface area contributed by atoms with Crippen molar-refractivity contribution in [2.24, 2.45) is 0 Å².